The summed E-state index contributed by atoms with van der Waals surface area (Å²) in [5.41, 5.74) is -0.706. The Bertz CT molecular complexity index is 340. The number of fused-ring (bicyclic) bond motifs is 1. The lowest BCUT2D eigenvalue weighted by atomic mass is 9.81. The maximum Gasteiger partial charge on any atom is 0.313 e. The van der Waals surface area contributed by atoms with Gasteiger partial charge < -0.3 is 14.6 Å². The molecule has 0 bridgehead atoms. The highest BCUT2D eigenvalue weighted by atomic mass is 16.5. The molecule has 1 N–H and O–H groups in total. The number of aliphatic carboxylic acids is 1. The molecular formula is C14H23NO4. The summed E-state index contributed by atoms with van der Waals surface area (Å²) in [5.74, 6) is -0.701. The number of carbonyl (C=O) groups is 1. The molecule has 0 amide bonds. The van der Waals surface area contributed by atoms with Crippen LogP contribution in [-0.2, 0) is 14.3 Å². The SMILES string of the molecule is O=C(O)C1(CN2CCOC3CCCC32)CCCOC1. The fraction of sp³-hybridized carbons (Fsp3) is 0.929. The van der Waals surface area contributed by atoms with E-state index in [0.717, 1.165) is 38.8 Å². The van der Waals surface area contributed by atoms with Crippen molar-refractivity contribution in [2.45, 2.75) is 44.2 Å². The lowest BCUT2D eigenvalue weighted by Crippen LogP contribution is -2.56. The lowest BCUT2D eigenvalue weighted by Gasteiger charge is -2.43. The highest BCUT2D eigenvalue weighted by Gasteiger charge is 2.45. The average molecular weight is 269 g/mol. The van der Waals surface area contributed by atoms with Gasteiger partial charge in [0.15, 0.2) is 0 Å². The molecule has 2 aliphatic heterocycles. The number of morpholine rings is 1. The molecule has 3 rings (SSSR count). The van der Waals surface area contributed by atoms with Crippen molar-refractivity contribution in [3.05, 3.63) is 0 Å². The second-order valence-corrected chi connectivity index (χ2v) is 6.12. The molecule has 3 atom stereocenters. The van der Waals surface area contributed by atoms with Gasteiger partial charge in [-0.3, -0.25) is 9.69 Å². The normalized spacial score (nSPS) is 40.0. The van der Waals surface area contributed by atoms with E-state index in [9.17, 15) is 9.90 Å². The van der Waals surface area contributed by atoms with Crippen molar-refractivity contribution in [3.8, 4) is 0 Å². The van der Waals surface area contributed by atoms with E-state index in [1.165, 1.54) is 6.42 Å². The zero-order valence-corrected chi connectivity index (χ0v) is 11.3. The minimum Gasteiger partial charge on any atom is -0.481 e. The molecule has 0 aromatic heterocycles. The van der Waals surface area contributed by atoms with E-state index in [4.69, 9.17) is 9.47 Å². The zero-order chi connectivity index (χ0) is 13.3. The third-order valence-corrected chi connectivity index (χ3v) is 4.88. The van der Waals surface area contributed by atoms with E-state index >= 15 is 0 Å². The van der Waals surface area contributed by atoms with Crippen LogP contribution in [0.3, 0.4) is 0 Å². The summed E-state index contributed by atoms with van der Waals surface area (Å²) in [4.78, 5) is 14.1. The summed E-state index contributed by atoms with van der Waals surface area (Å²) in [7, 11) is 0. The summed E-state index contributed by atoms with van der Waals surface area (Å²) in [6.07, 6.45) is 5.37. The van der Waals surface area contributed by atoms with Crippen LogP contribution >= 0.6 is 0 Å². The maximum atomic E-state index is 11.7. The summed E-state index contributed by atoms with van der Waals surface area (Å²) < 4.78 is 11.3. The molecule has 2 saturated heterocycles. The quantitative estimate of drug-likeness (QED) is 0.832. The van der Waals surface area contributed by atoms with Crippen molar-refractivity contribution >= 4 is 5.97 Å². The number of hydrogen-bond acceptors (Lipinski definition) is 4. The molecule has 1 aliphatic carbocycles. The molecule has 108 valence electrons. The maximum absolute atomic E-state index is 11.7. The number of rotatable bonds is 3. The van der Waals surface area contributed by atoms with E-state index in [1.807, 2.05) is 0 Å². The predicted octanol–water partition coefficient (Wildman–Crippen LogP) is 1.12. The first-order valence-electron chi connectivity index (χ1n) is 7.38. The molecule has 1 saturated carbocycles. The second-order valence-electron chi connectivity index (χ2n) is 6.12. The molecule has 0 aromatic rings. The molecule has 3 fully saturated rings. The largest absolute Gasteiger partial charge is 0.481 e. The Morgan fingerprint density at radius 2 is 2.21 bits per heavy atom. The van der Waals surface area contributed by atoms with E-state index in [0.29, 0.717) is 31.9 Å². The fourth-order valence-corrected chi connectivity index (χ4v) is 3.80. The van der Waals surface area contributed by atoms with Crippen LogP contribution in [0.1, 0.15) is 32.1 Å². The molecule has 0 radical (unpaired) electrons. The molecular weight excluding hydrogens is 246 g/mol. The molecule has 0 aromatic carbocycles. The third-order valence-electron chi connectivity index (χ3n) is 4.88. The average Bonchev–Trinajstić information content (AvgIpc) is 2.89. The monoisotopic (exact) mass is 269 g/mol. The standard InChI is InChI=1S/C14H23NO4/c16-13(17)14(5-2-7-18-10-14)9-15-6-8-19-12-4-1-3-11(12)15/h11-12H,1-10H2,(H,16,17). The molecule has 19 heavy (non-hydrogen) atoms. The summed E-state index contributed by atoms with van der Waals surface area (Å²) in [6, 6.07) is 0.423. The predicted molar refractivity (Wildman–Crippen MR) is 69.1 cm³/mol. The van der Waals surface area contributed by atoms with Gasteiger partial charge in [0.05, 0.1) is 19.3 Å². The summed E-state index contributed by atoms with van der Waals surface area (Å²) in [6.45, 7) is 3.27. The van der Waals surface area contributed by atoms with Crippen LogP contribution in [0.15, 0.2) is 0 Å². The van der Waals surface area contributed by atoms with Crippen molar-refractivity contribution in [3.63, 3.8) is 0 Å². The molecule has 2 heterocycles. The van der Waals surface area contributed by atoms with Crippen molar-refractivity contribution in [1.29, 1.82) is 0 Å². The van der Waals surface area contributed by atoms with Gasteiger partial charge in [0.1, 0.15) is 5.41 Å². The van der Waals surface area contributed by atoms with Crippen LogP contribution in [0.25, 0.3) is 0 Å². The van der Waals surface area contributed by atoms with Crippen LogP contribution in [0, 0.1) is 5.41 Å². The molecule has 5 nitrogen and oxygen atoms in total. The van der Waals surface area contributed by atoms with Crippen molar-refractivity contribution in [2.24, 2.45) is 5.41 Å². The highest BCUT2D eigenvalue weighted by molar-refractivity contribution is 5.75. The van der Waals surface area contributed by atoms with E-state index in [2.05, 4.69) is 4.90 Å². The number of carboxylic acid groups (broad SMARTS) is 1. The number of hydrogen-bond donors (Lipinski definition) is 1. The van der Waals surface area contributed by atoms with Gasteiger partial charge in [0.25, 0.3) is 0 Å². The smallest absolute Gasteiger partial charge is 0.313 e. The van der Waals surface area contributed by atoms with Crippen LogP contribution < -0.4 is 0 Å². The topological polar surface area (TPSA) is 59.0 Å². The summed E-state index contributed by atoms with van der Waals surface area (Å²) in [5, 5.41) is 9.62. The van der Waals surface area contributed by atoms with Gasteiger partial charge in [-0.2, -0.15) is 0 Å². The van der Waals surface area contributed by atoms with Gasteiger partial charge in [-0.15, -0.1) is 0 Å². The van der Waals surface area contributed by atoms with Crippen LogP contribution in [-0.4, -0.2) is 61.0 Å². The van der Waals surface area contributed by atoms with Crippen LogP contribution in [0.4, 0.5) is 0 Å². The van der Waals surface area contributed by atoms with E-state index < -0.39 is 11.4 Å². The first-order chi connectivity index (χ1) is 9.21. The van der Waals surface area contributed by atoms with E-state index in [1.54, 1.807) is 0 Å². The first-order valence-corrected chi connectivity index (χ1v) is 7.38. The Hall–Kier alpha value is -0.650. The third kappa shape index (κ3) is 2.51. The molecule has 0 spiro atoms. The van der Waals surface area contributed by atoms with Gasteiger partial charge in [-0.25, -0.2) is 0 Å². The first kappa shape index (κ1) is 13.3. The fourth-order valence-electron chi connectivity index (χ4n) is 3.80. The van der Waals surface area contributed by atoms with Crippen molar-refractivity contribution in [2.75, 3.05) is 32.9 Å². The Labute approximate surface area is 113 Å². The number of ether oxygens (including phenoxy) is 2. The van der Waals surface area contributed by atoms with Crippen LogP contribution in [0.5, 0.6) is 0 Å². The minimum atomic E-state index is -0.706. The second kappa shape index (κ2) is 5.38. The summed E-state index contributed by atoms with van der Waals surface area (Å²) >= 11 is 0. The zero-order valence-electron chi connectivity index (χ0n) is 11.3. The minimum absolute atomic E-state index is 0.323. The highest BCUT2D eigenvalue weighted by Crippen LogP contribution is 2.35. The Morgan fingerprint density at radius 3 is 2.95 bits per heavy atom. The van der Waals surface area contributed by atoms with E-state index in [-0.39, 0.29) is 0 Å². The van der Waals surface area contributed by atoms with Crippen molar-refractivity contribution in [1.82, 2.24) is 4.90 Å². The van der Waals surface area contributed by atoms with Gasteiger partial charge >= 0.3 is 5.97 Å². The Balaban J connectivity index is 1.72. The van der Waals surface area contributed by atoms with Crippen LogP contribution in [0.2, 0.25) is 0 Å². The Kier molecular flexibility index (Phi) is 3.78. The van der Waals surface area contributed by atoms with Gasteiger partial charge in [0, 0.05) is 25.7 Å². The Morgan fingerprint density at radius 1 is 1.32 bits per heavy atom. The lowest BCUT2D eigenvalue weighted by molar-refractivity contribution is -0.163. The van der Waals surface area contributed by atoms with Crippen molar-refractivity contribution < 1.29 is 19.4 Å². The molecule has 3 aliphatic rings. The van der Waals surface area contributed by atoms with Gasteiger partial charge in [0.2, 0.25) is 0 Å². The molecule has 3 unspecified atom stereocenters. The van der Waals surface area contributed by atoms with Gasteiger partial charge in [-0.05, 0) is 32.1 Å². The number of carboxylic acids is 1. The molecule has 5 heteroatoms. The number of nitrogens with zero attached hydrogens (tertiary/aromatic N) is 1. The van der Waals surface area contributed by atoms with Gasteiger partial charge in [-0.1, -0.05) is 0 Å².